The number of nitrogens with zero attached hydrogens (tertiary/aromatic N) is 4. The molecule has 2 atom stereocenters. The lowest BCUT2D eigenvalue weighted by Crippen LogP contribution is -2.48. The topological polar surface area (TPSA) is 65.1 Å². The third-order valence-electron chi connectivity index (χ3n) is 9.62. The quantitative estimate of drug-likeness (QED) is 0.323. The van der Waals surface area contributed by atoms with Crippen molar-refractivity contribution < 1.29 is 4.79 Å². The van der Waals surface area contributed by atoms with Crippen molar-refractivity contribution in [2.24, 2.45) is 0 Å². The second-order valence-corrected chi connectivity index (χ2v) is 12.1. The van der Waals surface area contributed by atoms with Gasteiger partial charge in [-0.2, -0.15) is 5.10 Å². The molecule has 0 bridgehead atoms. The van der Waals surface area contributed by atoms with Crippen molar-refractivity contribution in [2.45, 2.75) is 70.4 Å². The van der Waals surface area contributed by atoms with E-state index in [-0.39, 0.29) is 11.4 Å². The van der Waals surface area contributed by atoms with Crippen molar-refractivity contribution in [3.63, 3.8) is 0 Å². The second-order valence-electron chi connectivity index (χ2n) is 12.1. The van der Waals surface area contributed by atoms with Gasteiger partial charge in [0.15, 0.2) is 5.65 Å². The Morgan fingerprint density at radius 3 is 2.41 bits per heavy atom. The molecule has 3 aliphatic rings. The highest BCUT2D eigenvalue weighted by molar-refractivity contribution is 5.97. The monoisotopic (exact) mass is 519 g/mol. The number of carbonyl (C=O) groups is 1. The summed E-state index contributed by atoms with van der Waals surface area (Å²) in [5.74, 6) is 0.113. The highest BCUT2D eigenvalue weighted by Gasteiger charge is 2.38. The number of rotatable bonds is 4. The first-order valence-electron chi connectivity index (χ1n) is 14.6. The van der Waals surface area contributed by atoms with E-state index in [1.165, 1.54) is 48.9 Å². The molecule has 1 aliphatic carbocycles. The third kappa shape index (κ3) is 4.35. The summed E-state index contributed by atoms with van der Waals surface area (Å²) < 4.78 is 0. The average Bonchev–Trinajstić information content (AvgIpc) is 3.52. The second kappa shape index (κ2) is 9.60. The first kappa shape index (κ1) is 24.5. The van der Waals surface area contributed by atoms with E-state index in [2.05, 4.69) is 53.2 Å². The van der Waals surface area contributed by atoms with Gasteiger partial charge in [0.1, 0.15) is 5.69 Å². The van der Waals surface area contributed by atoms with Crippen LogP contribution >= 0.6 is 0 Å². The minimum atomic E-state index is 0.113. The van der Waals surface area contributed by atoms with Gasteiger partial charge < -0.3 is 4.90 Å². The molecule has 2 aromatic carbocycles. The van der Waals surface area contributed by atoms with Gasteiger partial charge >= 0.3 is 0 Å². The number of fused-ring (bicyclic) bond motifs is 2. The smallest absolute Gasteiger partial charge is 0.253 e. The fourth-order valence-electron chi connectivity index (χ4n) is 6.99. The molecule has 0 spiro atoms. The van der Waals surface area contributed by atoms with Crippen LogP contribution in [0, 0.1) is 0 Å². The van der Waals surface area contributed by atoms with Crippen LogP contribution in [0.4, 0.5) is 0 Å². The molecule has 1 amide bonds. The van der Waals surface area contributed by atoms with E-state index < -0.39 is 0 Å². The Balaban J connectivity index is 1.15. The maximum atomic E-state index is 12.6. The number of nitrogens with one attached hydrogen (secondary N) is 1. The van der Waals surface area contributed by atoms with Crippen LogP contribution in [0.5, 0.6) is 0 Å². The molecular formula is C33H37N5O. The number of aromatic nitrogens is 3. The van der Waals surface area contributed by atoms with E-state index in [9.17, 15) is 4.79 Å². The van der Waals surface area contributed by atoms with E-state index in [4.69, 9.17) is 4.98 Å². The van der Waals surface area contributed by atoms with Gasteiger partial charge in [0.2, 0.25) is 0 Å². The van der Waals surface area contributed by atoms with Gasteiger partial charge in [0.25, 0.3) is 5.91 Å². The zero-order valence-corrected chi connectivity index (χ0v) is 23.0. The number of hydrogen-bond acceptors (Lipinski definition) is 4. The van der Waals surface area contributed by atoms with Crippen LogP contribution in [0.15, 0.2) is 54.7 Å². The molecule has 6 heteroatoms. The number of pyridine rings is 1. The summed E-state index contributed by atoms with van der Waals surface area (Å²) in [6, 6.07) is 17.7. The molecular weight excluding hydrogens is 482 g/mol. The number of amides is 1. The molecule has 200 valence electrons. The predicted molar refractivity (Wildman–Crippen MR) is 156 cm³/mol. The summed E-state index contributed by atoms with van der Waals surface area (Å²) in [6.45, 7) is 7.86. The van der Waals surface area contributed by atoms with E-state index in [1.54, 1.807) is 0 Å². The van der Waals surface area contributed by atoms with Crippen LogP contribution in [0.2, 0.25) is 0 Å². The minimum absolute atomic E-state index is 0.113. The van der Waals surface area contributed by atoms with Crippen LogP contribution in [0.3, 0.4) is 0 Å². The zero-order valence-electron chi connectivity index (χ0n) is 23.0. The molecule has 4 heterocycles. The van der Waals surface area contributed by atoms with E-state index in [1.807, 2.05) is 35.4 Å². The lowest BCUT2D eigenvalue weighted by atomic mass is 9.89. The van der Waals surface area contributed by atoms with Gasteiger partial charge in [0, 0.05) is 52.9 Å². The number of hydrogen-bond donors (Lipinski definition) is 1. The Morgan fingerprint density at radius 1 is 0.923 bits per heavy atom. The minimum Gasteiger partial charge on any atom is -0.339 e. The summed E-state index contributed by atoms with van der Waals surface area (Å²) in [5.41, 5.74) is 8.96. The van der Waals surface area contributed by atoms with E-state index >= 15 is 0 Å². The summed E-state index contributed by atoms with van der Waals surface area (Å²) in [6.07, 6.45) is 10.4. The Labute approximate surface area is 230 Å². The molecule has 2 saturated heterocycles. The first-order chi connectivity index (χ1) is 19.0. The van der Waals surface area contributed by atoms with E-state index in [0.717, 1.165) is 65.8 Å². The number of carbonyl (C=O) groups excluding carboxylic acids is 1. The molecule has 1 unspecified atom stereocenters. The summed E-state index contributed by atoms with van der Waals surface area (Å²) in [4.78, 5) is 22.0. The maximum Gasteiger partial charge on any atom is 0.253 e. The van der Waals surface area contributed by atoms with Crippen molar-refractivity contribution in [3.8, 4) is 22.4 Å². The molecule has 6 nitrogen and oxygen atoms in total. The lowest BCUT2D eigenvalue weighted by molar-refractivity contribution is 0.0652. The lowest BCUT2D eigenvalue weighted by Gasteiger charge is -2.41. The van der Waals surface area contributed by atoms with Gasteiger partial charge in [-0.25, -0.2) is 4.98 Å². The number of likely N-dealkylation sites (tertiary alicyclic amines) is 2. The van der Waals surface area contributed by atoms with Gasteiger partial charge in [0.05, 0.1) is 0 Å². The van der Waals surface area contributed by atoms with Crippen molar-refractivity contribution in [1.29, 1.82) is 0 Å². The Bertz CT molecular complexity index is 1540. The number of aromatic amines is 1. The summed E-state index contributed by atoms with van der Waals surface area (Å²) >= 11 is 0. The Kier molecular flexibility index (Phi) is 6.03. The van der Waals surface area contributed by atoms with Gasteiger partial charge in [-0.1, -0.05) is 30.3 Å². The molecule has 1 N–H and O–H groups in total. The molecule has 39 heavy (non-hydrogen) atoms. The largest absolute Gasteiger partial charge is 0.339 e. The Hall–Kier alpha value is -3.51. The van der Waals surface area contributed by atoms with Crippen LogP contribution < -0.4 is 0 Å². The first-order valence-corrected chi connectivity index (χ1v) is 14.6. The predicted octanol–water partition coefficient (Wildman–Crippen LogP) is 6.26. The van der Waals surface area contributed by atoms with Crippen LogP contribution in [0.1, 0.15) is 67.4 Å². The van der Waals surface area contributed by atoms with Crippen LogP contribution in [-0.4, -0.2) is 62.1 Å². The van der Waals surface area contributed by atoms with Crippen molar-refractivity contribution in [3.05, 3.63) is 71.4 Å². The van der Waals surface area contributed by atoms with Crippen LogP contribution in [0.25, 0.3) is 33.4 Å². The zero-order chi connectivity index (χ0) is 26.6. The van der Waals surface area contributed by atoms with Gasteiger partial charge in [-0.15, -0.1) is 0 Å². The van der Waals surface area contributed by atoms with Crippen molar-refractivity contribution in [2.75, 3.05) is 19.6 Å². The highest BCUT2D eigenvalue weighted by Crippen LogP contribution is 2.38. The molecule has 0 saturated carbocycles. The van der Waals surface area contributed by atoms with Gasteiger partial charge in [-0.05, 0) is 100 Å². The highest BCUT2D eigenvalue weighted by atomic mass is 16.2. The van der Waals surface area contributed by atoms with Crippen molar-refractivity contribution in [1.82, 2.24) is 25.0 Å². The van der Waals surface area contributed by atoms with Crippen molar-refractivity contribution >= 4 is 16.9 Å². The molecule has 4 aromatic rings. The molecule has 0 radical (unpaired) electrons. The fraction of sp³-hybridized carbons (Fsp3) is 0.424. The summed E-state index contributed by atoms with van der Waals surface area (Å²) in [5, 5.41) is 8.69. The maximum absolute atomic E-state index is 12.6. The normalized spacial score (nSPS) is 23.4. The average molecular weight is 520 g/mol. The molecule has 2 aromatic heterocycles. The summed E-state index contributed by atoms with van der Waals surface area (Å²) in [7, 11) is 0. The fourth-order valence-corrected chi connectivity index (χ4v) is 6.99. The standard InChI is InChI=1S/C33H37N5O/c1-22-5-3-18-38(22)33(2)14-12-23-6-11-26(19-27(23)13-15-33)28-20-29-30(35-36-31(29)34-21-28)24-7-9-25(10-8-24)32(39)37-16-4-17-37/h6-11,19-22H,3-5,12-18H2,1-2H3,(H,34,35,36)/t22-,33?/m1/s1. The molecule has 2 aliphatic heterocycles. The molecule has 7 rings (SSSR count). The van der Waals surface area contributed by atoms with E-state index in [0.29, 0.717) is 6.04 Å². The van der Waals surface area contributed by atoms with Crippen LogP contribution in [-0.2, 0) is 12.8 Å². The Morgan fingerprint density at radius 2 is 1.69 bits per heavy atom. The SMILES string of the molecule is C[C@@H]1CCCN1C1(C)CCc2ccc(-c3cnc4[nH]nc(-c5ccc(C(=O)N6CCC6)cc5)c4c3)cc2CC1. The van der Waals surface area contributed by atoms with Gasteiger partial charge in [-0.3, -0.25) is 14.8 Å². The number of benzene rings is 2. The third-order valence-corrected chi connectivity index (χ3v) is 9.62. The number of H-pyrrole nitrogens is 1. The molecule has 2 fully saturated rings. The number of aryl methyl sites for hydroxylation is 2.